The fraction of sp³-hybridized carbons (Fsp3) is 0.222. The topological polar surface area (TPSA) is 86.6 Å². The Balaban J connectivity index is 2.07. The quantitative estimate of drug-likeness (QED) is 0.806. The zero-order chi connectivity index (χ0) is 16.4. The van der Waals surface area contributed by atoms with Crippen LogP contribution >= 0.6 is 0 Å². The van der Waals surface area contributed by atoms with Gasteiger partial charge in [0.05, 0.1) is 5.92 Å². The average molecular weight is 311 g/mol. The molecule has 1 saturated heterocycles. The summed E-state index contributed by atoms with van der Waals surface area (Å²) >= 11 is 0. The van der Waals surface area contributed by atoms with Crippen LogP contribution in [-0.2, 0) is 9.59 Å². The number of carbonyl (C=O) groups is 2. The standard InChI is InChI=1S/C18H17NO4/c20-17(21)14-13(11-7-3-1-4-8-11)16(18(22)23)19-15(14)12-9-5-2-6-10-12/h1-10,13-16,19H,(H,20,21)(H,22,23)/t13-,14-,15+,16-/m1/s1. The van der Waals surface area contributed by atoms with E-state index in [9.17, 15) is 19.8 Å². The maximum absolute atomic E-state index is 11.9. The van der Waals surface area contributed by atoms with Gasteiger partial charge in [0.15, 0.2) is 0 Å². The number of rotatable bonds is 4. The van der Waals surface area contributed by atoms with Gasteiger partial charge >= 0.3 is 11.9 Å². The third kappa shape index (κ3) is 2.83. The molecule has 1 fully saturated rings. The van der Waals surface area contributed by atoms with Crippen molar-refractivity contribution in [3.8, 4) is 0 Å². The molecule has 23 heavy (non-hydrogen) atoms. The summed E-state index contributed by atoms with van der Waals surface area (Å²) in [6.07, 6.45) is 0. The molecule has 2 aromatic rings. The third-order valence-electron chi connectivity index (χ3n) is 4.36. The maximum Gasteiger partial charge on any atom is 0.321 e. The van der Waals surface area contributed by atoms with Crippen molar-refractivity contribution < 1.29 is 19.8 Å². The van der Waals surface area contributed by atoms with Crippen molar-refractivity contribution in [2.24, 2.45) is 5.92 Å². The highest BCUT2D eigenvalue weighted by atomic mass is 16.4. The van der Waals surface area contributed by atoms with E-state index < -0.39 is 35.9 Å². The smallest absolute Gasteiger partial charge is 0.321 e. The van der Waals surface area contributed by atoms with Crippen molar-refractivity contribution in [2.75, 3.05) is 0 Å². The van der Waals surface area contributed by atoms with E-state index in [-0.39, 0.29) is 0 Å². The Labute approximate surface area is 133 Å². The highest BCUT2D eigenvalue weighted by Gasteiger charge is 2.50. The summed E-state index contributed by atoms with van der Waals surface area (Å²) in [6.45, 7) is 0. The van der Waals surface area contributed by atoms with Gasteiger partial charge in [-0.25, -0.2) is 0 Å². The molecule has 0 spiro atoms. The van der Waals surface area contributed by atoms with Gasteiger partial charge in [-0.2, -0.15) is 0 Å². The number of nitrogens with one attached hydrogen (secondary N) is 1. The van der Waals surface area contributed by atoms with Crippen molar-refractivity contribution in [1.29, 1.82) is 0 Å². The van der Waals surface area contributed by atoms with Crippen LogP contribution in [0.25, 0.3) is 0 Å². The van der Waals surface area contributed by atoms with Crippen LogP contribution in [0, 0.1) is 5.92 Å². The minimum Gasteiger partial charge on any atom is -0.481 e. The second-order valence-corrected chi connectivity index (χ2v) is 5.67. The molecule has 1 heterocycles. The molecule has 1 aliphatic heterocycles. The van der Waals surface area contributed by atoms with Gasteiger partial charge in [-0.1, -0.05) is 60.7 Å². The number of benzene rings is 2. The predicted molar refractivity (Wildman–Crippen MR) is 84.1 cm³/mol. The van der Waals surface area contributed by atoms with Crippen molar-refractivity contribution in [2.45, 2.75) is 18.0 Å². The lowest BCUT2D eigenvalue weighted by Crippen LogP contribution is -2.35. The molecule has 118 valence electrons. The van der Waals surface area contributed by atoms with Crippen LogP contribution in [-0.4, -0.2) is 28.2 Å². The molecule has 1 aliphatic rings. The first kappa shape index (κ1) is 15.2. The van der Waals surface area contributed by atoms with E-state index in [1.807, 2.05) is 36.4 Å². The molecule has 5 heteroatoms. The van der Waals surface area contributed by atoms with Gasteiger partial charge in [0.25, 0.3) is 0 Å². The third-order valence-corrected chi connectivity index (χ3v) is 4.36. The summed E-state index contributed by atoms with van der Waals surface area (Å²) in [5.41, 5.74) is 1.50. The molecule has 4 atom stereocenters. The Kier molecular flexibility index (Phi) is 4.12. The summed E-state index contributed by atoms with van der Waals surface area (Å²) in [5.74, 6) is -3.51. The van der Waals surface area contributed by atoms with Gasteiger partial charge in [0.2, 0.25) is 0 Å². The van der Waals surface area contributed by atoms with Crippen LogP contribution in [0.2, 0.25) is 0 Å². The summed E-state index contributed by atoms with van der Waals surface area (Å²) in [7, 11) is 0. The van der Waals surface area contributed by atoms with Crippen molar-refractivity contribution in [1.82, 2.24) is 5.32 Å². The van der Waals surface area contributed by atoms with E-state index in [1.165, 1.54) is 0 Å². The molecule has 2 aromatic carbocycles. The number of hydrogen-bond donors (Lipinski definition) is 3. The molecule has 0 amide bonds. The first-order chi connectivity index (χ1) is 11.1. The van der Waals surface area contributed by atoms with E-state index >= 15 is 0 Å². The highest BCUT2D eigenvalue weighted by Crippen LogP contribution is 2.43. The number of aliphatic carboxylic acids is 2. The second kappa shape index (κ2) is 6.22. The van der Waals surface area contributed by atoms with E-state index in [0.717, 1.165) is 11.1 Å². The Bertz CT molecular complexity index is 701. The zero-order valence-corrected chi connectivity index (χ0v) is 12.3. The Morgan fingerprint density at radius 2 is 1.30 bits per heavy atom. The average Bonchev–Trinajstić information content (AvgIpc) is 2.97. The van der Waals surface area contributed by atoms with E-state index in [2.05, 4.69) is 5.32 Å². The van der Waals surface area contributed by atoms with Crippen molar-refractivity contribution in [3.05, 3.63) is 71.8 Å². The van der Waals surface area contributed by atoms with Gasteiger partial charge < -0.3 is 10.2 Å². The van der Waals surface area contributed by atoms with Gasteiger partial charge in [-0.3, -0.25) is 14.9 Å². The molecule has 0 bridgehead atoms. The fourth-order valence-electron chi connectivity index (χ4n) is 3.38. The van der Waals surface area contributed by atoms with E-state index in [4.69, 9.17) is 0 Å². The van der Waals surface area contributed by atoms with Gasteiger partial charge in [-0.15, -0.1) is 0 Å². The number of carboxylic acids is 2. The van der Waals surface area contributed by atoms with Gasteiger partial charge in [0.1, 0.15) is 6.04 Å². The summed E-state index contributed by atoms with van der Waals surface area (Å²) < 4.78 is 0. The largest absolute Gasteiger partial charge is 0.481 e. The lowest BCUT2D eigenvalue weighted by molar-refractivity contribution is -0.143. The van der Waals surface area contributed by atoms with E-state index in [0.29, 0.717) is 0 Å². The number of hydrogen-bond acceptors (Lipinski definition) is 3. The summed E-state index contributed by atoms with van der Waals surface area (Å²) in [4.78, 5) is 23.6. The molecular weight excluding hydrogens is 294 g/mol. The first-order valence-corrected chi connectivity index (χ1v) is 7.41. The van der Waals surface area contributed by atoms with Gasteiger partial charge in [-0.05, 0) is 11.1 Å². The molecular formula is C18H17NO4. The van der Waals surface area contributed by atoms with Crippen molar-refractivity contribution in [3.63, 3.8) is 0 Å². The lowest BCUT2D eigenvalue weighted by atomic mass is 9.80. The minimum atomic E-state index is -1.04. The molecule has 3 rings (SSSR count). The van der Waals surface area contributed by atoms with Crippen LogP contribution < -0.4 is 5.32 Å². The van der Waals surface area contributed by atoms with Crippen molar-refractivity contribution >= 4 is 11.9 Å². The minimum absolute atomic E-state index is 0.542. The van der Waals surface area contributed by atoms with Crippen LogP contribution in [0.5, 0.6) is 0 Å². The molecule has 5 nitrogen and oxygen atoms in total. The van der Waals surface area contributed by atoms with Crippen LogP contribution in [0.4, 0.5) is 0 Å². The summed E-state index contributed by atoms with van der Waals surface area (Å²) in [5, 5.41) is 22.3. The van der Waals surface area contributed by atoms with Crippen LogP contribution in [0.15, 0.2) is 60.7 Å². The maximum atomic E-state index is 11.9. The highest BCUT2D eigenvalue weighted by molar-refractivity contribution is 5.81. The Morgan fingerprint density at radius 1 is 0.783 bits per heavy atom. The normalized spacial score (nSPS) is 26.8. The monoisotopic (exact) mass is 311 g/mol. The Hall–Kier alpha value is -2.66. The second-order valence-electron chi connectivity index (χ2n) is 5.67. The molecule has 0 aliphatic carbocycles. The lowest BCUT2D eigenvalue weighted by Gasteiger charge is -2.21. The molecule has 0 radical (unpaired) electrons. The molecule has 3 N–H and O–H groups in total. The SMILES string of the molecule is O=C(O)[C@@H]1[C@@H](c2ccccc2)[C@H](C(=O)O)N[C@H]1c1ccccc1. The molecule has 0 aromatic heterocycles. The summed E-state index contributed by atoms with van der Waals surface area (Å²) in [6, 6.07) is 16.6. The van der Waals surface area contributed by atoms with Crippen LogP contribution in [0.3, 0.4) is 0 Å². The van der Waals surface area contributed by atoms with E-state index in [1.54, 1.807) is 24.3 Å². The molecule has 0 saturated carbocycles. The predicted octanol–water partition coefficient (Wildman–Crippen LogP) is 2.27. The Morgan fingerprint density at radius 3 is 1.78 bits per heavy atom. The fourth-order valence-corrected chi connectivity index (χ4v) is 3.38. The number of carboxylic acid groups (broad SMARTS) is 2. The van der Waals surface area contributed by atoms with Gasteiger partial charge in [0, 0.05) is 12.0 Å². The first-order valence-electron chi connectivity index (χ1n) is 7.41. The zero-order valence-electron chi connectivity index (χ0n) is 12.3. The van der Waals surface area contributed by atoms with Crippen LogP contribution in [0.1, 0.15) is 23.1 Å². The molecule has 0 unspecified atom stereocenters.